The van der Waals surface area contributed by atoms with E-state index in [9.17, 15) is 9.59 Å². The number of benzene rings is 1. The van der Waals surface area contributed by atoms with E-state index in [1.54, 1.807) is 12.1 Å². The zero-order chi connectivity index (χ0) is 14.7. The van der Waals surface area contributed by atoms with Gasteiger partial charge in [0.05, 0.1) is 30.3 Å². The van der Waals surface area contributed by atoms with Crippen LogP contribution in [0.2, 0.25) is 0 Å². The van der Waals surface area contributed by atoms with Crippen LogP contribution in [-0.2, 0) is 4.79 Å². The van der Waals surface area contributed by atoms with Crippen LogP contribution in [0.5, 0.6) is 5.75 Å². The third-order valence-electron chi connectivity index (χ3n) is 3.09. The zero-order valence-electron chi connectivity index (χ0n) is 10.8. The number of amides is 2. The maximum atomic E-state index is 11.9. The maximum Gasteiger partial charge on any atom is 0.321 e. The van der Waals surface area contributed by atoms with Gasteiger partial charge < -0.3 is 20.1 Å². The number of likely N-dealkylation sites (tertiary alicyclic amines) is 1. The summed E-state index contributed by atoms with van der Waals surface area (Å²) in [4.78, 5) is 24.0. The van der Waals surface area contributed by atoms with E-state index in [1.165, 1.54) is 18.1 Å². The first-order valence-corrected chi connectivity index (χ1v) is 5.92. The molecule has 0 spiro atoms. The molecule has 1 fully saturated rings. The second-order valence-electron chi connectivity index (χ2n) is 4.40. The molecule has 2 amide bonds. The Morgan fingerprint density at radius 3 is 2.75 bits per heavy atom. The van der Waals surface area contributed by atoms with E-state index in [0.717, 1.165) is 0 Å². The molecule has 0 radical (unpaired) electrons. The standard InChI is InChI=1S/C13H13N3O4/c1-20-11-4-8(5-14)2-3-10(11)15-13(19)16-6-9(7-16)12(17)18/h2-4,9H,6-7H2,1H3,(H,15,19)(H,17,18). The van der Waals surface area contributed by atoms with Crippen LogP contribution >= 0.6 is 0 Å². The number of nitriles is 1. The Balaban J connectivity index is 2.02. The molecule has 0 aromatic heterocycles. The molecule has 20 heavy (non-hydrogen) atoms. The van der Waals surface area contributed by atoms with Crippen molar-refractivity contribution in [3.8, 4) is 11.8 Å². The summed E-state index contributed by atoms with van der Waals surface area (Å²) >= 11 is 0. The van der Waals surface area contributed by atoms with Crippen molar-refractivity contribution in [2.75, 3.05) is 25.5 Å². The van der Waals surface area contributed by atoms with Crippen molar-refractivity contribution in [2.45, 2.75) is 0 Å². The summed E-state index contributed by atoms with van der Waals surface area (Å²) in [6.07, 6.45) is 0. The minimum Gasteiger partial charge on any atom is -0.495 e. The van der Waals surface area contributed by atoms with Gasteiger partial charge in [0.2, 0.25) is 0 Å². The second kappa shape index (κ2) is 5.48. The lowest BCUT2D eigenvalue weighted by molar-refractivity contribution is -0.145. The SMILES string of the molecule is COc1cc(C#N)ccc1NC(=O)N1CC(C(=O)O)C1. The molecule has 2 rings (SSSR count). The number of aliphatic carboxylic acids is 1. The highest BCUT2D eigenvalue weighted by Gasteiger charge is 2.35. The van der Waals surface area contributed by atoms with Crippen LogP contribution < -0.4 is 10.1 Å². The van der Waals surface area contributed by atoms with Crippen molar-refractivity contribution in [2.24, 2.45) is 5.92 Å². The molecule has 0 unspecified atom stereocenters. The van der Waals surface area contributed by atoms with Gasteiger partial charge in [-0.25, -0.2) is 4.79 Å². The number of carboxylic acid groups (broad SMARTS) is 1. The molecule has 1 aromatic carbocycles. The number of carboxylic acids is 1. The number of nitrogens with one attached hydrogen (secondary N) is 1. The fourth-order valence-electron chi connectivity index (χ4n) is 1.86. The average molecular weight is 275 g/mol. The van der Waals surface area contributed by atoms with E-state index in [0.29, 0.717) is 17.0 Å². The molecule has 0 saturated carbocycles. The molecule has 104 valence electrons. The summed E-state index contributed by atoms with van der Waals surface area (Å²) in [7, 11) is 1.44. The van der Waals surface area contributed by atoms with E-state index < -0.39 is 11.9 Å². The first-order chi connectivity index (χ1) is 9.55. The van der Waals surface area contributed by atoms with Gasteiger partial charge in [-0.1, -0.05) is 0 Å². The molecule has 1 aliphatic heterocycles. The smallest absolute Gasteiger partial charge is 0.321 e. The fraction of sp³-hybridized carbons (Fsp3) is 0.308. The van der Waals surface area contributed by atoms with Crippen LogP contribution in [-0.4, -0.2) is 42.2 Å². The summed E-state index contributed by atoms with van der Waals surface area (Å²) in [6.45, 7) is 0.388. The van der Waals surface area contributed by atoms with E-state index in [2.05, 4.69) is 5.32 Å². The van der Waals surface area contributed by atoms with Crippen LogP contribution in [0.3, 0.4) is 0 Å². The summed E-state index contributed by atoms with van der Waals surface area (Å²) in [5, 5.41) is 20.2. The molecule has 0 aliphatic carbocycles. The topological polar surface area (TPSA) is 103 Å². The van der Waals surface area contributed by atoms with E-state index in [4.69, 9.17) is 15.1 Å². The van der Waals surface area contributed by atoms with Gasteiger partial charge in [0.15, 0.2) is 0 Å². The van der Waals surface area contributed by atoms with Crippen LogP contribution in [0.15, 0.2) is 18.2 Å². The van der Waals surface area contributed by atoms with Crippen molar-refractivity contribution in [3.05, 3.63) is 23.8 Å². The molecular weight excluding hydrogens is 262 g/mol. The molecule has 1 aromatic rings. The Morgan fingerprint density at radius 2 is 2.20 bits per heavy atom. The van der Waals surface area contributed by atoms with Crippen molar-refractivity contribution >= 4 is 17.7 Å². The molecule has 1 saturated heterocycles. The van der Waals surface area contributed by atoms with Gasteiger partial charge in [-0.05, 0) is 12.1 Å². The van der Waals surface area contributed by atoms with Crippen LogP contribution in [0.1, 0.15) is 5.56 Å². The van der Waals surface area contributed by atoms with Gasteiger partial charge in [-0.2, -0.15) is 5.26 Å². The number of anilines is 1. The number of urea groups is 1. The van der Waals surface area contributed by atoms with Crippen LogP contribution in [0.4, 0.5) is 10.5 Å². The number of methoxy groups -OCH3 is 1. The molecule has 7 heteroatoms. The fourth-order valence-corrected chi connectivity index (χ4v) is 1.86. The molecule has 0 bridgehead atoms. The molecule has 0 atom stereocenters. The van der Waals surface area contributed by atoms with E-state index in [-0.39, 0.29) is 19.1 Å². The van der Waals surface area contributed by atoms with Crippen LogP contribution in [0.25, 0.3) is 0 Å². The first-order valence-electron chi connectivity index (χ1n) is 5.92. The lowest BCUT2D eigenvalue weighted by Gasteiger charge is -2.36. The van der Waals surface area contributed by atoms with Gasteiger partial charge in [-0.15, -0.1) is 0 Å². The quantitative estimate of drug-likeness (QED) is 0.860. The van der Waals surface area contributed by atoms with Crippen molar-refractivity contribution in [1.82, 2.24) is 4.90 Å². The van der Waals surface area contributed by atoms with Gasteiger partial charge >= 0.3 is 12.0 Å². The van der Waals surface area contributed by atoms with Gasteiger partial charge in [0, 0.05) is 19.2 Å². The van der Waals surface area contributed by atoms with Gasteiger partial charge in [0.25, 0.3) is 0 Å². The molecule has 2 N–H and O–H groups in total. The Hall–Kier alpha value is -2.75. The minimum absolute atomic E-state index is 0.194. The Bertz CT molecular complexity index is 588. The lowest BCUT2D eigenvalue weighted by atomic mass is 10.0. The number of carbonyl (C=O) groups is 2. The first kappa shape index (κ1) is 13.7. The normalized spacial score (nSPS) is 14.1. The maximum absolute atomic E-state index is 11.9. The number of hydrogen-bond donors (Lipinski definition) is 2. The number of nitrogens with zero attached hydrogens (tertiary/aromatic N) is 2. The van der Waals surface area contributed by atoms with Gasteiger partial charge in [0.1, 0.15) is 5.75 Å². The summed E-state index contributed by atoms with van der Waals surface area (Å²) < 4.78 is 5.10. The van der Waals surface area contributed by atoms with Crippen molar-refractivity contribution < 1.29 is 19.4 Å². The predicted octanol–water partition coefficient (Wildman–Crippen LogP) is 1.12. The van der Waals surface area contributed by atoms with Crippen LogP contribution in [0, 0.1) is 17.2 Å². The molecule has 1 aliphatic rings. The van der Waals surface area contributed by atoms with Crippen molar-refractivity contribution in [3.63, 3.8) is 0 Å². The zero-order valence-corrected chi connectivity index (χ0v) is 10.8. The predicted molar refractivity (Wildman–Crippen MR) is 69.4 cm³/mol. The van der Waals surface area contributed by atoms with E-state index in [1.807, 2.05) is 6.07 Å². The number of carbonyl (C=O) groups excluding carboxylic acids is 1. The Morgan fingerprint density at radius 1 is 1.50 bits per heavy atom. The Labute approximate surface area is 115 Å². The highest BCUT2D eigenvalue weighted by Crippen LogP contribution is 2.26. The van der Waals surface area contributed by atoms with Gasteiger partial charge in [-0.3, -0.25) is 4.79 Å². The number of hydrogen-bond acceptors (Lipinski definition) is 4. The minimum atomic E-state index is -0.898. The lowest BCUT2D eigenvalue weighted by Crippen LogP contribution is -2.54. The Kier molecular flexibility index (Phi) is 3.75. The molecular formula is C13H13N3O4. The highest BCUT2D eigenvalue weighted by atomic mass is 16.5. The third-order valence-corrected chi connectivity index (χ3v) is 3.09. The highest BCUT2D eigenvalue weighted by molar-refractivity contribution is 5.92. The largest absolute Gasteiger partial charge is 0.495 e. The molecule has 1 heterocycles. The number of ether oxygens (including phenoxy) is 1. The second-order valence-corrected chi connectivity index (χ2v) is 4.40. The monoisotopic (exact) mass is 275 g/mol. The average Bonchev–Trinajstić information content (AvgIpc) is 2.36. The summed E-state index contributed by atoms with van der Waals surface area (Å²) in [5.41, 5.74) is 0.866. The number of rotatable bonds is 3. The van der Waals surface area contributed by atoms with Crippen molar-refractivity contribution in [1.29, 1.82) is 5.26 Å². The summed E-state index contributed by atoms with van der Waals surface area (Å²) in [6, 6.07) is 6.25. The molecule has 7 nitrogen and oxygen atoms in total. The summed E-state index contributed by atoms with van der Waals surface area (Å²) in [5.74, 6) is -1.01. The third kappa shape index (κ3) is 2.64. The van der Waals surface area contributed by atoms with E-state index >= 15 is 0 Å².